The van der Waals surface area contributed by atoms with Crippen LogP contribution in [0.3, 0.4) is 0 Å². The molecular weight excluding hydrogens is 336 g/mol. The second-order valence-electron chi connectivity index (χ2n) is 7.97. The Hall–Kier alpha value is -2.28. The average Bonchev–Trinajstić information content (AvgIpc) is 3.10. The van der Waals surface area contributed by atoms with Gasteiger partial charge in [0.1, 0.15) is 12.3 Å². The molecule has 2 aliphatic heterocycles. The lowest BCUT2D eigenvalue weighted by Gasteiger charge is -2.32. The predicted molar refractivity (Wildman–Crippen MR) is 95.0 cm³/mol. The third-order valence-corrected chi connectivity index (χ3v) is 5.20. The molecule has 2 amide bonds. The molecule has 1 N–H and O–H groups in total. The standard InChI is InChI=1S/C19H26N2O5/c1-18(2,12-20-9-10-25-17(20)24)14-7-5-13(6-8-14)15-11-26-19(3,4)21(15)16(22)23/h5-8,15H,9-12H2,1-4H3,(H,22,23)/t15-/m0/s1. The van der Waals surface area contributed by atoms with Crippen LogP contribution in [0.15, 0.2) is 24.3 Å². The highest BCUT2D eigenvalue weighted by Gasteiger charge is 2.44. The van der Waals surface area contributed by atoms with E-state index < -0.39 is 11.8 Å². The summed E-state index contributed by atoms with van der Waals surface area (Å²) in [7, 11) is 0. The van der Waals surface area contributed by atoms with Gasteiger partial charge in [-0.2, -0.15) is 0 Å². The minimum absolute atomic E-state index is 0.236. The van der Waals surface area contributed by atoms with Crippen molar-refractivity contribution in [1.29, 1.82) is 0 Å². The van der Waals surface area contributed by atoms with Crippen molar-refractivity contribution in [2.45, 2.75) is 44.9 Å². The summed E-state index contributed by atoms with van der Waals surface area (Å²) >= 11 is 0. The molecule has 2 fully saturated rings. The first kappa shape index (κ1) is 18.5. The van der Waals surface area contributed by atoms with Gasteiger partial charge in [0, 0.05) is 12.0 Å². The lowest BCUT2D eigenvalue weighted by molar-refractivity contribution is -0.0420. The molecule has 0 aliphatic carbocycles. The molecule has 2 saturated heterocycles. The first-order valence-corrected chi connectivity index (χ1v) is 8.80. The van der Waals surface area contributed by atoms with Gasteiger partial charge in [0.15, 0.2) is 0 Å². The molecule has 1 atom stereocenters. The number of hydrogen-bond donors (Lipinski definition) is 1. The highest BCUT2D eigenvalue weighted by molar-refractivity contribution is 5.69. The molecule has 7 nitrogen and oxygen atoms in total. The first-order valence-electron chi connectivity index (χ1n) is 8.80. The first-order chi connectivity index (χ1) is 12.1. The lowest BCUT2D eigenvalue weighted by Crippen LogP contribution is -2.44. The summed E-state index contributed by atoms with van der Waals surface area (Å²) < 4.78 is 10.7. The largest absolute Gasteiger partial charge is 0.465 e. The SMILES string of the molecule is CC(C)(CN1CCOC1=O)c1ccc([C@@H]2COC(C)(C)N2C(=O)O)cc1. The Kier molecular flexibility index (Phi) is 4.60. The number of carbonyl (C=O) groups excluding carboxylic acids is 1. The fourth-order valence-corrected chi connectivity index (χ4v) is 3.71. The number of carboxylic acid groups (broad SMARTS) is 1. The molecule has 0 bridgehead atoms. The minimum atomic E-state index is -0.991. The van der Waals surface area contributed by atoms with Gasteiger partial charge in [0.05, 0.1) is 19.2 Å². The van der Waals surface area contributed by atoms with Gasteiger partial charge in [-0.05, 0) is 25.0 Å². The molecule has 7 heteroatoms. The van der Waals surface area contributed by atoms with Crippen molar-refractivity contribution >= 4 is 12.2 Å². The van der Waals surface area contributed by atoms with Gasteiger partial charge < -0.3 is 19.5 Å². The van der Waals surface area contributed by atoms with Crippen LogP contribution in [0.25, 0.3) is 0 Å². The van der Waals surface area contributed by atoms with Crippen LogP contribution in [0, 0.1) is 0 Å². The van der Waals surface area contributed by atoms with Gasteiger partial charge in [-0.15, -0.1) is 0 Å². The number of amides is 2. The third-order valence-electron chi connectivity index (χ3n) is 5.20. The second kappa shape index (κ2) is 6.46. The van der Waals surface area contributed by atoms with Gasteiger partial charge in [-0.25, -0.2) is 9.59 Å². The van der Waals surface area contributed by atoms with Gasteiger partial charge in [-0.1, -0.05) is 38.1 Å². The van der Waals surface area contributed by atoms with Crippen molar-refractivity contribution in [1.82, 2.24) is 9.80 Å². The van der Waals surface area contributed by atoms with Crippen LogP contribution in [0.2, 0.25) is 0 Å². The zero-order chi connectivity index (χ0) is 19.1. The highest BCUT2D eigenvalue weighted by atomic mass is 16.6. The van der Waals surface area contributed by atoms with Gasteiger partial charge >= 0.3 is 12.2 Å². The van der Waals surface area contributed by atoms with E-state index in [2.05, 4.69) is 13.8 Å². The van der Waals surface area contributed by atoms with E-state index in [9.17, 15) is 14.7 Å². The zero-order valence-electron chi connectivity index (χ0n) is 15.7. The smallest absolute Gasteiger partial charge is 0.410 e. The van der Waals surface area contributed by atoms with Crippen molar-refractivity contribution in [2.75, 3.05) is 26.3 Å². The summed E-state index contributed by atoms with van der Waals surface area (Å²) in [5.41, 5.74) is 0.906. The summed E-state index contributed by atoms with van der Waals surface area (Å²) in [4.78, 5) is 26.4. The van der Waals surface area contributed by atoms with Crippen molar-refractivity contribution in [3.63, 3.8) is 0 Å². The van der Waals surface area contributed by atoms with Gasteiger partial charge in [0.2, 0.25) is 0 Å². The maximum absolute atomic E-state index is 11.7. The quantitative estimate of drug-likeness (QED) is 0.890. The molecule has 1 aromatic carbocycles. The van der Waals surface area contributed by atoms with E-state index in [1.807, 2.05) is 24.3 Å². The van der Waals surface area contributed by atoms with Crippen molar-refractivity contribution < 1.29 is 24.2 Å². The Morgan fingerprint density at radius 1 is 1.31 bits per heavy atom. The van der Waals surface area contributed by atoms with Crippen LogP contribution in [-0.4, -0.2) is 59.1 Å². The number of ether oxygens (including phenoxy) is 2. The Labute approximate surface area is 153 Å². The monoisotopic (exact) mass is 362 g/mol. The number of rotatable bonds is 4. The van der Waals surface area contributed by atoms with E-state index in [0.29, 0.717) is 26.3 Å². The van der Waals surface area contributed by atoms with E-state index in [1.165, 1.54) is 4.90 Å². The molecule has 0 aromatic heterocycles. The minimum Gasteiger partial charge on any atom is -0.465 e. The molecule has 1 aromatic rings. The van der Waals surface area contributed by atoms with E-state index in [0.717, 1.165) is 11.1 Å². The fourth-order valence-electron chi connectivity index (χ4n) is 3.71. The van der Waals surface area contributed by atoms with E-state index in [1.54, 1.807) is 18.7 Å². The van der Waals surface area contributed by atoms with Crippen molar-refractivity contribution in [3.8, 4) is 0 Å². The van der Waals surface area contributed by atoms with E-state index in [4.69, 9.17) is 9.47 Å². The van der Waals surface area contributed by atoms with E-state index in [-0.39, 0.29) is 17.6 Å². The molecule has 142 valence electrons. The summed E-state index contributed by atoms with van der Waals surface area (Å²) in [5.74, 6) is 0. The number of cyclic esters (lactones) is 1. The molecule has 0 unspecified atom stereocenters. The maximum atomic E-state index is 11.7. The van der Waals surface area contributed by atoms with Crippen LogP contribution >= 0.6 is 0 Å². The molecule has 0 spiro atoms. The molecule has 0 saturated carbocycles. The van der Waals surface area contributed by atoms with Crippen LogP contribution in [0.1, 0.15) is 44.9 Å². The Bertz CT molecular complexity index is 698. The molecular formula is C19H26N2O5. The average molecular weight is 362 g/mol. The summed E-state index contributed by atoms with van der Waals surface area (Å²) in [6, 6.07) is 7.58. The van der Waals surface area contributed by atoms with Crippen LogP contribution in [0.4, 0.5) is 9.59 Å². The lowest BCUT2D eigenvalue weighted by atomic mass is 9.83. The fraction of sp³-hybridized carbons (Fsp3) is 0.579. The highest BCUT2D eigenvalue weighted by Crippen LogP contribution is 2.37. The Morgan fingerprint density at radius 3 is 2.50 bits per heavy atom. The number of benzene rings is 1. The van der Waals surface area contributed by atoms with Crippen molar-refractivity contribution in [2.24, 2.45) is 0 Å². The zero-order valence-corrected chi connectivity index (χ0v) is 15.7. The predicted octanol–water partition coefficient (Wildman–Crippen LogP) is 3.20. The molecule has 3 rings (SSSR count). The Balaban J connectivity index is 1.78. The molecule has 0 radical (unpaired) electrons. The molecule has 2 heterocycles. The number of nitrogens with zero attached hydrogens (tertiary/aromatic N) is 2. The summed E-state index contributed by atoms with van der Waals surface area (Å²) in [6.07, 6.45) is -1.26. The van der Waals surface area contributed by atoms with Gasteiger partial charge in [-0.3, -0.25) is 4.90 Å². The Morgan fingerprint density at radius 2 is 1.96 bits per heavy atom. The summed E-state index contributed by atoms with van der Waals surface area (Å²) in [5, 5.41) is 9.55. The van der Waals surface area contributed by atoms with Crippen LogP contribution in [0.5, 0.6) is 0 Å². The molecule has 2 aliphatic rings. The number of carbonyl (C=O) groups is 2. The third kappa shape index (κ3) is 3.35. The van der Waals surface area contributed by atoms with E-state index >= 15 is 0 Å². The van der Waals surface area contributed by atoms with Gasteiger partial charge in [0.25, 0.3) is 0 Å². The van der Waals surface area contributed by atoms with Crippen molar-refractivity contribution in [3.05, 3.63) is 35.4 Å². The van der Waals surface area contributed by atoms with Crippen LogP contribution < -0.4 is 0 Å². The topological polar surface area (TPSA) is 79.3 Å². The van der Waals surface area contributed by atoms with Crippen LogP contribution in [-0.2, 0) is 14.9 Å². The normalized spacial score (nSPS) is 22.6. The molecule has 26 heavy (non-hydrogen) atoms. The second-order valence-corrected chi connectivity index (χ2v) is 7.97. The maximum Gasteiger partial charge on any atom is 0.410 e. The number of hydrogen-bond acceptors (Lipinski definition) is 4. The summed E-state index contributed by atoms with van der Waals surface area (Å²) in [6.45, 7) is 9.64.